The molecule has 11 heteroatoms. The summed E-state index contributed by atoms with van der Waals surface area (Å²) in [6, 6.07) is 32.7. The van der Waals surface area contributed by atoms with Crippen LogP contribution in [0.3, 0.4) is 0 Å². The summed E-state index contributed by atoms with van der Waals surface area (Å²) in [7, 11) is 1.87. The third kappa shape index (κ3) is 11.1. The predicted molar refractivity (Wildman–Crippen MR) is 169 cm³/mol. The maximum absolute atomic E-state index is 4.10. The van der Waals surface area contributed by atoms with Gasteiger partial charge >= 0.3 is 19.8 Å². The van der Waals surface area contributed by atoms with Gasteiger partial charge in [0.05, 0.1) is 36.6 Å². The third-order valence-corrected chi connectivity index (χ3v) is 7.71. The maximum Gasteiger partial charge on any atom is 2.00 e. The summed E-state index contributed by atoms with van der Waals surface area (Å²) in [6.07, 6.45) is 3.42. The summed E-state index contributed by atoms with van der Waals surface area (Å²) >= 11 is 0. The monoisotopic (exact) mass is 759 g/mol. The first-order valence-electron chi connectivity index (χ1n) is 12.6. The number of pyridine rings is 2. The Kier molecular flexibility index (Phi) is 15.5. The first-order chi connectivity index (χ1) is 19.6. The Morgan fingerprint density at radius 3 is 1.22 bits per heavy atom. The molecule has 0 aliphatic carbocycles. The van der Waals surface area contributed by atoms with Crippen LogP contribution in [0.4, 0.5) is 0 Å². The summed E-state index contributed by atoms with van der Waals surface area (Å²) in [6.45, 7) is 7.87. The molecule has 0 amide bonds. The van der Waals surface area contributed by atoms with Crippen LogP contribution < -0.4 is 20.8 Å². The van der Waals surface area contributed by atoms with Gasteiger partial charge in [-0.3, -0.25) is 20.2 Å². The Bertz CT molecular complexity index is 1380. The molecule has 2 aromatic carbocycles. The van der Waals surface area contributed by atoms with E-state index in [-0.39, 0.29) is 19.8 Å². The molecule has 0 N–H and O–H groups in total. The zero-order valence-corrected chi connectivity index (χ0v) is 28.1. The molecule has 6 rings (SSSR count). The number of aryl methyl sites for hydroxylation is 2. The van der Waals surface area contributed by atoms with Crippen LogP contribution in [0.25, 0.3) is 23.0 Å². The second-order valence-electron chi connectivity index (χ2n) is 8.15. The smallest absolute Gasteiger partial charge is 0.421 e. The van der Waals surface area contributed by atoms with Gasteiger partial charge in [-0.1, -0.05) is 55.2 Å². The van der Waals surface area contributed by atoms with Crippen molar-refractivity contribution in [2.24, 2.45) is 0 Å². The van der Waals surface area contributed by atoms with Crippen molar-refractivity contribution in [3.63, 3.8) is 0 Å². The van der Waals surface area contributed by atoms with Gasteiger partial charge in [0.1, 0.15) is 0 Å². The largest absolute Gasteiger partial charge is 2.00 e. The van der Waals surface area contributed by atoms with E-state index in [1.165, 1.54) is 10.6 Å². The van der Waals surface area contributed by atoms with Gasteiger partial charge in [-0.25, -0.2) is 0 Å². The molecule has 8 nitrogen and oxygen atoms in total. The van der Waals surface area contributed by atoms with E-state index in [1.807, 2.05) is 43.1 Å². The molecule has 4 aromatic heterocycles. The van der Waals surface area contributed by atoms with Crippen LogP contribution in [-0.4, -0.2) is 43.5 Å². The molecule has 1 atom stereocenters. The van der Waals surface area contributed by atoms with E-state index in [1.54, 1.807) is 26.2 Å². The van der Waals surface area contributed by atoms with Gasteiger partial charge in [-0.15, -0.1) is 9.24 Å². The molecular formula is C30H33N8OsP2+. The van der Waals surface area contributed by atoms with Crippen LogP contribution in [0.5, 0.6) is 0 Å². The zero-order chi connectivity index (χ0) is 28.6. The molecule has 0 saturated carbocycles. The SMILES string of the molecule is CP.C[PH+](c1ccccc1)c1ccccc1.Cc1n[n-]c(-c2ccccn2)n1.Cc1n[n-]c(-c2ccccn2)n1.[Os+2]. The standard InChI is InChI=1S/C13H13P.2C8H7N4.CH5P.Os/c1-14(12-8-4-2-5-9-12)13-10-6-3-7-11-13;2*1-6-10-8(12-11-6)7-4-2-3-5-9-7;1-2;/h2-11H,1H3;2*2-5H,1H3;2H2,1H3;/q;2*-1;;+2/p+1. The number of hydrogen-bond donors (Lipinski definition) is 0. The molecule has 0 spiro atoms. The van der Waals surface area contributed by atoms with Crippen LogP contribution in [0.15, 0.2) is 109 Å². The van der Waals surface area contributed by atoms with E-state index in [0.29, 0.717) is 23.3 Å². The average molecular weight is 758 g/mol. The molecule has 6 aromatic rings. The van der Waals surface area contributed by atoms with Gasteiger partial charge in [0, 0.05) is 24.0 Å². The summed E-state index contributed by atoms with van der Waals surface area (Å²) in [5.74, 6) is 2.53. The molecule has 0 aliphatic heterocycles. The van der Waals surface area contributed by atoms with Crippen molar-refractivity contribution in [2.45, 2.75) is 13.8 Å². The van der Waals surface area contributed by atoms with Crippen molar-refractivity contribution in [3.05, 3.63) is 121 Å². The summed E-state index contributed by atoms with van der Waals surface area (Å²) in [4.78, 5) is 16.4. The number of nitrogens with zero attached hydrogens (tertiary/aromatic N) is 8. The first-order valence-corrected chi connectivity index (χ1v) is 15.8. The van der Waals surface area contributed by atoms with Gasteiger partial charge < -0.3 is 20.2 Å². The Balaban J connectivity index is 0.000000207. The number of benzene rings is 2. The maximum atomic E-state index is 4.10. The quantitative estimate of drug-likeness (QED) is 0.241. The van der Waals surface area contributed by atoms with Crippen molar-refractivity contribution in [3.8, 4) is 23.0 Å². The molecule has 0 aliphatic rings. The Hall–Kier alpha value is -3.48. The van der Waals surface area contributed by atoms with Gasteiger partial charge in [-0.05, 0) is 74.0 Å². The molecule has 0 bridgehead atoms. The fourth-order valence-electron chi connectivity index (χ4n) is 3.39. The summed E-state index contributed by atoms with van der Waals surface area (Å²) in [5.41, 5.74) is 1.52. The van der Waals surface area contributed by atoms with Gasteiger partial charge in [0.25, 0.3) is 0 Å². The fourth-order valence-corrected chi connectivity index (χ4v) is 5.10. The van der Waals surface area contributed by atoms with Crippen LogP contribution in [0, 0.1) is 13.8 Å². The molecule has 1 unspecified atom stereocenters. The number of rotatable bonds is 4. The van der Waals surface area contributed by atoms with Gasteiger partial charge in [-0.2, -0.15) is 0 Å². The molecule has 0 saturated heterocycles. The number of hydrogen-bond acceptors (Lipinski definition) is 6. The number of aromatic nitrogens is 8. The van der Waals surface area contributed by atoms with E-state index >= 15 is 0 Å². The van der Waals surface area contributed by atoms with Crippen LogP contribution in [0.1, 0.15) is 11.6 Å². The van der Waals surface area contributed by atoms with E-state index in [4.69, 9.17) is 0 Å². The predicted octanol–water partition coefficient (Wildman–Crippen LogP) is 4.58. The minimum absolute atomic E-state index is 0. The van der Waals surface area contributed by atoms with Gasteiger partial charge in [0.2, 0.25) is 0 Å². The van der Waals surface area contributed by atoms with Crippen molar-refractivity contribution in [1.29, 1.82) is 0 Å². The first kappa shape index (κ1) is 33.7. The van der Waals surface area contributed by atoms with E-state index in [2.05, 4.69) is 117 Å². The summed E-state index contributed by atoms with van der Waals surface area (Å²) < 4.78 is 0. The molecular weight excluding hydrogens is 725 g/mol. The van der Waals surface area contributed by atoms with Crippen molar-refractivity contribution >= 4 is 27.8 Å². The van der Waals surface area contributed by atoms with Crippen LogP contribution in [0.2, 0.25) is 0 Å². The van der Waals surface area contributed by atoms with Crippen molar-refractivity contribution < 1.29 is 19.8 Å². The van der Waals surface area contributed by atoms with Gasteiger partial charge in [0.15, 0.2) is 0 Å². The van der Waals surface area contributed by atoms with Crippen LogP contribution >= 0.6 is 17.2 Å². The van der Waals surface area contributed by atoms with E-state index in [0.717, 1.165) is 11.4 Å². The Morgan fingerprint density at radius 2 is 0.927 bits per heavy atom. The Labute approximate surface area is 258 Å². The Morgan fingerprint density at radius 1 is 0.561 bits per heavy atom. The second kappa shape index (κ2) is 18.8. The van der Waals surface area contributed by atoms with Crippen molar-refractivity contribution in [2.75, 3.05) is 13.3 Å². The van der Waals surface area contributed by atoms with E-state index < -0.39 is 7.92 Å². The van der Waals surface area contributed by atoms with Crippen molar-refractivity contribution in [1.82, 2.24) is 40.3 Å². The normalized spacial score (nSPS) is 9.61. The molecule has 0 fully saturated rings. The average Bonchev–Trinajstić information content (AvgIpc) is 3.68. The third-order valence-electron chi connectivity index (χ3n) is 5.32. The molecule has 41 heavy (non-hydrogen) atoms. The van der Waals surface area contributed by atoms with E-state index in [9.17, 15) is 0 Å². The van der Waals surface area contributed by atoms with Crippen LogP contribution in [-0.2, 0) is 19.8 Å². The minimum Gasteiger partial charge on any atom is -0.421 e. The zero-order valence-electron chi connectivity index (χ0n) is 23.4. The second-order valence-corrected chi connectivity index (χ2v) is 10.6. The summed E-state index contributed by atoms with van der Waals surface area (Å²) in [5, 5.41) is 18.3. The molecule has 0 radical (unpaired) electrons. The molecule has 4 heterocycles. The molecule has 210 valence electrons. The fraction of sp³-hybridized carbons (Fsp3) is 0.133. The topological polar surface area (TPSA) is 106 Å². The minimum atomic E-state index is -0.545.